The quantitative estimate of drug-likeness (QED) is 0.719. The van der Waals surface area contributed by atoms with Crippen LogP contribution in [0.4, 0.5) is 11.6 Å². The summed E-state index contributed by atoms with van der Waals surface area (Å²) in [6.45, 7) is 10.4. The molecule has 0 fully saturated rings. The van der Waals surface area contributed by atoms with Crippen molar-refractivity contribution in [2.75, 3.05) is 23.8 Å². The van der Waals surface area contributed by atoms with Gasteiger partial charge < -0.3 is 15.4 Å². The Balaban J connectivity index is 2.81. The van der Waals surface area contributed by atoms with Crippen LogP contribution in [0.15, 0.2) is 6.07 Å². The average molecular weight is 266 g/mol. The Labute approximate surface area is 116 Å². The number of nitrogens with zero attached hydrogens (tertiary/aromatic N) is 2. The Kier molecular flexibility index (Phi) is 7.18. The molecule has 2 N–H and O–H groups in total. The van der Waals surface area contributed by atoms with Crippen LogP contribution in [0.5, 0.6) is 0 Å². The zero-order chi connectivity index (χ0) is 14.1. The lowest BCUT2D eigenvalue weighted by Gasteiger charge is -2.14. The smallest absolute Gasteiger partial charge is 0.158 e. The summed E-state index contributed by atoms with van der Waals surface area (Å²) in [6, 6.07) is 2.35. The molecule has 0 aliphatic heterocycles. The number of aromatic nitrogens is 2. The molecule has 0 aromatic carbocycles. The first-order valence-corrected chi connectivity index (χ1v) is 7.15. The van der Waals surface area contributed by atoms with Crippen LogP contribution in [-0.2, 0) is 11.3 Å². The van der Waals surface area contributed by atoms with Gasteiger partial charge in [-0.1, -0.05) is 13.8 Å². The SMILES string of the molecule is CCCNc1cc(NC(C)CC)nc(COCC)n1. The molecule has 1 aromatic heterocycles. The topological polar surface area (TPSA) is 59.1 Å². The van der Waals surface area contributed by atoms with Crippen molar-refractivity contribution in [2.24, 2.45) is 0 Å². The van der Waals surface area contributed by atoms with Crippen molar-refractivity contribution in [1.82, 2.24) is 9.97 Å². The van der Waals surface area contributed by atoms with Crippen LogP contribution in [0, 0.1) is 0 Å². The minimum absolute atomic E-state index is 0.397. The maximum atomic E-state index is 5.38. The van der Waals surface area contributed by atoms with Gasteiger partial charge in [0.15, 0.2) is 5.82 Å². The van der Waals surface area contributed by atoms with Crippen molar-refractivity contribution in [3.63, 3.8) is 0 Å². The molecule has 1 rings (SSSR count). The largest absolute Gasteiger partial charge is 0.374 e. The second-order valence-corrected chi connectivity index (χ2v) is 4.57. The van der Waals surface area contributed by atoms with Gasteiger partial charge in [0, 0.05) is 25.3 Å². The van der Waals surface area contributed by atoms with Crippen molar-refractivity contribution < 1.29 is 4.74 Å². The minimum atomic E-state index is 0.397. The molecule has 0 amide bonds. The van der Waals surface area contributed by atoms with Gasteiger partial charge in [0.2, 0.25) is 0 Å². The van der Waals surface area contributed by atoms with Crippen LogP contribution in [0.2, 0.25) is 0 Å². The third-order valence-corrected chi connectivity index (χ3v) is 2.77. The van der Waals surface area contributed by atoms with Crippen molar-refractivity contribution in [2.45, 2.75) is 53.2 Å². The van der Waals surface area contributed by atoms with E-state index in [4.69, 9.17) is 4.74 Å². The van der Waals surface area contributed by atoms with Crippen LogP contribution in [0.3, 0.4) is 0 Å². The fourth-order valence-corrected chi connectivity index (χ4v) is 1.53. The molecule has 1 atom stereocenters. The second-order valence-electron chi connectivity index (χ2n) is 4.57. The number of nitrogens with one attached hydrogen (secondary N) is 2. The van der Waals surface area contributed by atoms with E-state index in [-0.39, 0.29) is 0 Å². The molecule has 1 unspecified atom stereocenters. The molecule has 19 heavy (non-hydrogen) atoms. The minimum Gasteiger partial charge on any atom is -0.374 e. The summed E-state index contributed by atoms with van der Waals surface area (Å²) in [5.41, 5.74) is 0. The van der Waals surface area contributed by atoms with E-state index in [2.05, 4.69) is 41.4 Å². The summed E-state index contributed by atoms with van der Waals surface area (Å²) in [4.78, 5) is 8.93. The highest BCUT2D eigenvalue weighted by Crippen LogP contribution is 2.14. The van der Waals surface area contributed by atoms with Crippen LogP contribution < -0.4 is 10.6 Å². The third-order valence-electron chi connectivity index (χ3n) is 2.77. The first-order chi connectivity index (χ1) is 9.19. The highest BCUT2D eigenvalue weighted by Gasteiger charge is 2.06. The summed E-state index contributed by atoms with van der Waals surface area (Å²) in [7, 11) is 0. The molecule has 0 aliphatic carbocycles. The standard InChI is InChI=1S/C14H26N4O/c1-5-8-15-12-9-13(16-11(4)6-2)18-14(17-12)10-19-7-3/h9,11H,5-8,10H2,1-4H3,(H2,15,16,17,18). The second kappa shape index (κ2) is 8.69. The van der Waals surface area contributed by atoms with Crippen LogP contribution in [-0.4, -0.2) is 29.2 Å². The molecule has 0 aliphatic rings. The molecule has 5 heteroatoms. The molecule has 0 saturated heterocycles. The van der Waals surface area contributed by atoms with Crippen LogP contribution in [0.25, 0.3) is 0 Å². The van der Waals surface area contributed by atoms with Crippen molar-refractivity contribution in [3.8, 4) is 0 Å². The summed E-state index contributed by atoms with van der Waals surface area (Å²) >= 11 is 0. The van der Waals surface area contributed by atoms with E-state index in [1.807, 2.05) is 13.0 Å². The number of rotatable bonds is 9. The lowest BCUT2D eigenvalue weighted by atomic mass is 10.2. The summed E-state index contributed by atoms with van der Waals surface area (Å²) in [6.07, 6.45) is 2.13. The predicted molar refractivity (Wildman–Crippen MR) is 79.5 cm³/mol. The molecule has 1 heterocycles. The van der Waals surface area contributed by atoms with E-state index in [1.165, 1.54) is 0 Å². The molecule has 0 spiro atoms. The number of ether oxygens (including phenoxy) is 1. The van der Waals surface area contributed by atoms with E-state index in [9.17, 15) is 0 Å². The third kappa shape index (κ3) is 5.87. The molecule has 1 aromatic rings. The van der Waals surface area contributed by atoms with Crippen LogP contribution >= 0.6 is 0 Å². The van der Waals surface area contributed by atoms with Gasteiger partial charge in [-0.05, 0) is 26.7 Å². The van der Waals surface area contributed by atoms with Gasteiger partial charge in [-0.2, -0.15) is 0 Å². The number of hydrogen-bond donors (Lipinski definition) is 2. The fourth-order valence-electron chi connectivity index (χ4n) is 1.53. The zero-order valence-electron chi connectivity index (χ0n) is 12.5. The summed E-state index contributed by atoms with van der Waals surface area (Å²) in [5.74, 6) is 2.43. The number of anilines is 2. The number of hydrogen-bond acceptors (Lipinski definition) is 5. The lowest BCUT2D eigenvalue weighted by molar-refractivity contribution is 0.128. The average Bonchev–Trinajstić information content (AvgIpc) is 2.42. The Morgan fingerprint density at radius 2 is 1.95 bits per heavy atom. The van der Waals surface area contributed by atoms with E-state index in [1.54, 1.807) is 0 Å². The van der Waals surface area contributed by atoms with Gasteiger partial charge in [-0.25, -0.2) is 9.97 Å². The molecule has 108 valence electrons. The van der Waals surface area contributed by atoms with Gasteiger partial charge in [0.05, 0.1) is 0 Å². The molecular weight excluding hydrogens is 240 g/mol. The van der Waals surface area contributed by atoms with Crippen molar-refractivity contribution in [3.05, 3.63) is 11.9 Å². The molecule has 5 nitrogen and oxygen atoms in total. The molecular formula is C14H26N4O. The van der Waals surface area contributed by atoms with Crippen molar-refractivity contribution >= 4 is 11.6 Å². The fraction of sp³-hybridized carbons (Fsp3) is 0.714. The highest BCUT2D eigenvalue weighted by atomic mass is 16.5. The maximum Gasteiger partial charge on any atom is 0.158 e. The van der Waals surface area contributed by atoms with Crippen LogP contribution in [0.1, 0.15) is 46.4 Å². The first kappa shape index (κ1) is 15.7. The molecule has 0 radical (unpaired) electrons. The predicted octanol–water partition coefficient (Wildman–Crippen LogP) is 3.05. The van der Waals surface area contributed by atoms with E-state index in [0.29, 0.717) is 25.1 Å². The molecule has 0 bridgehead atoms. The zero-order valence-corrected chi connectivity index (χ0v) is 12.5. The van der Waals surface area contributed by atoms with E-state index >= 15 is 0 Å². The van der Waals surface area contributed by atoms with Gasteiger partial charge in [0.1, 0.15) is 18.2 Å². The highest BCUT2D eigenvalue weighted by molar-refractivity contribution is 5.48. The summed E-state index contributed by atoms with van der Waals surface area (Å²) in [5, 5.41) is 6.67. The molecule has 0 saturated carbocycles. The van der Waals surface area contributed by atoms with Gasteiger partial charge in [-0.3, -0.25) is 0 Å². The Morgan fingerprint density at radius 3 is 2.58 bits per heavy atom. The summed E-state index contributed by atoms with van der Waals surface area (Å²) < 4.78 is 5.38. The van der Waals surface area contributed by atoms with E-state index < -0.39 is 0 Å². The van der Waals surface area contributed by atoms with Gasteiger partial charge in [0.25, 0.3) is 0 Å². The van der Waals surface area contributed by atoms with Gasteiger partial charge >= 0.3 is 0 Å². The monoisotopic (exact) mass is 266 g/mol. The van der Waals surface area contributed by atoms with E-state index in [0.717, 1.165) is 31.0 Å². The Hall–Kier alpha value is -1.36. The van der Waals surface area contributed by atoms with Gasteiger partial charge in [-0.15, -0.1) is 0 Å². The van der Waals surface area contributed by atoms with Crippen molar-refractivity contribution in [1.29, 1.82) is 0 Å². The Bertz CT molecular complexity index is 344. The Morgan fingerprint density at radius 1 is 1.21 bits per heavy atom. The maximum absolute atomic E-state index is 5.38. The lowest BCUT2D eigenvalue weighted by Crippen LogP contribution is -2.16. The first-order valence-electron chi connectivity index (χ1n) is 7.15. The normalized spacial score (nSPS) is 12.2.